The molecule has 1 aliphatic carbocycles. The first kappa shape index (κ1) is 12.5. The van der Waals surface area contributed by atoms with Crippen molar-refractivity contribution in [1.82, 2.24) is 4.90 Å². The van der Waals surface area contributed by atoms with Gasteiger partial charge in [0.15, 0.2) is 0 Å². The van der Waals surface area contributed by atoms with Crippen LogP contribution in [0.1, 0.15) is 24.8 Å². The van der Waals surface area contributed by atoms with Gasteiger partial charge in [-0.25, -0.2) is 4.79 Å². The molecule has 1 saturated carbocycles. The number of aliphatic hydroxyl groups is 1. The minimum atomic E-state index is -0.613. The predicted octanol–water partition coefficient (Wildman–Crippen LogP) is 2.58. The summed E-state index contributed by atoms with van der Waals surface area (Å²) in [5.41, 5.74) is 1.94. The number of fused-ring (bicyclic) bond motifs is 1. The number of rotatable bonds is 1. The standard InChI is InChI=1S/C15H20N2O2/c1-10-5-7-12(8-6-10)16-15(19)17-9-11-3-2-4-13(11)14(17)18/h5-8,11,13-14,18H,2-4,9H2,1H3,(H,16,19). The molecule has 1 aromatic rings. The highest BCUT2D eigenvalue weighted by atomic mass is 16.3. The lowest BCUT2D eigenvalue weighted by atomic mass is 10.00. The molecule has 4 nitrogen and oxygen atoms in total. The van der Waals surface area contributed by atoms with E-state index in [1.54, 1.807) is 4.90 Å². The van der Waals surface area contributed by atoms with E-state index >= 15 is 0 Å². The van der Waals surface area contributed by atoms with Crippen molar-refractivity contribution < 1.29 is 9.90 Å². The highest BCUT2D eigenvalue weighted by molar-refractivity contribution is 5.89. The van der Waals surface area contributed by atoms with E-state index in [1.165, 1.54) is 6.42 Å². The van der Waals surface area contributed by atoms with Gasteiger partial charge >= 0.3 is 6.03 Å². The van der Waals surface area contributed by atoms with Gasteiger partial charge in [0.05, 0.1) is 0 Å². The second-order valence-electron chi connectivity index (χ2n) is 5.72. The number of carbonyl (C=O) groups excluding carboxylic acids is 1. The van der Waals surface area contributed by atoms with Gasteiger partial charge in [0.2, 0.25) is 0 Å². The number of anilines is 1. The predicted molar refractivity (Wildman–Crippen MR) is 73.7 cm³/mol. The Morgan fingerprint density at radius 2 is 2.05 bits per heavy atom. The number of amides is 2. The summed E-state index contributed by atoms with van der Waals surface area (Å²) >= 11 is 0. The van der Waals surface area contributed by atoms with E-state index in [2.05, 4.69) is 5.32 Å². The van der Waals surface area contributed by atoms with Crippen LogP contribution in [0.5, 0.6) is 0 Å². The van der Waals surface area contributed by atoms with Gasteiger partial charge in [0, 0.05) is 18.2 Å². The highest BCUT2D eigenvalue weighted by Crippen LogP contribution is 2.41. The molecule has 1 saturated heterocycles. The van der Waals surface area contributed by atoms with E-state index < -0.39 is 6.23 Å². The number of carbonyl (C=O) groups is 1. The lowest BCUT2D eigenvalue weighted by Crippen LogP contribution is -2.40. The van der Waals surface area contributed by atoms with Gasteiger partial charge in [0.1, 0.15) is 6.23 Å². The Morgan fingerprint density at radius 1 is 1.32 bits per heavy atom. The molecule has 4 heteroatoms. The number of aryl methyl sites for hydroxylation is 1. The summed E-state index contributed by atoms with van der Waals surface area (Å²) in [5.74, 6) is 0.766. The van der Waals surface area contributed by atoms with E-state index in [1.807, 2.05) is 31.2 Å². The average molecular weight is 260 g/mol. The number of benzene rings is 1. The Morgan fingerprint density at radius 3 is 2.74 bits per heavy atom. The topological polar surface area (TPSA) is 52.6 Å². The summed E-state index contributed by atoms with van der Waals surface area (Å²) in [6.45, 7) is 2.69. The zero-order valence-electron chi connectivity index (χ0n) is 11.2. The van der Waals surface area contributed by atoms with Crippen LogP contribution in [0.2, 0.25) is 0 Å². The molecule has 2 fully saturated rings. The molecular formula is C15H20N2O2. The van der Waals surface area contributed by atoms with Crippen molar-refractivity contribution in [3.63, 3.8) is 0 Å². The van der Waals surface area contributed by atoms with E-state index in [0.717, 1.165) is 24.1 Å². The lowest BCUT2D eigenvalue weighted by Gasteiger charge is -2.23. The van der Waals surface area contributed by atoms with Gasteiger partial charge in [-0.15, -0.1) is 0 Å². The summed E-state index contributed by atoms with van der Waals surface area (Å²) < 4.78 is 0. The van der Waals surface area contributed by atoms with Crippen LogP contribution in [0.4, 0.5) is 10.5 Å². The molecule has 3 unspecified atom stereocenters. The third-order valence-corrected chi connectivity index (χ3v) is 4.42. The van der Waals surface area contributed by atoms with Gasteiger partial charge in [-0.2, -0.15) is 0 Å². The molecule has 102 valence electrons. The van der Waals surface area contributed by atoms with Crippen LogP contribution >= 0.6 is 0 Å². The van der Waals surface area contributed by atoms with Crippen molar-refractivity contribution in [1.29, 1.82) is 0 Å². The third-order valence-electron chi connectivity index (χ3n) is 4.42. The molecule has 0 bridgehead atoms. The SMILES string of the molecule is Cc1ccc(NC(=O)N2CC3CCCC3C2O)cc1. The molecule has 1 aromatic carbocycles. The van der Waals surface area contributed by atoms with Crippen LogP contribution < -0.4 is 5.32 Å². The van der Waals surface area contributed by atoms with Crippen molar-refractivity contribution in [2.75, 3.05) is 11.9 Å². The first-order chi connectivity index (χ1) is 9.15. The summed E-state index contributed by atoms with van der Waals surface area (Å²) in [6, 6.07) is 7.51. The van der Waals surface area contributed by atoms with Gasteiger partial charge in [-0.1, -0.05) is 24.1 Å². The lowest BCUT2D eigenvalue weighted by molar-refractivity contribution is 0.0331. The van der Waals surface area contributed by atoms with Crippen LogP contribution in [-0.2, 0) is 0 Å². The van der Waals surface area contributed by atoms with E-state index in [0.29, 0.717) is 12.5 Å². The maximum atomic E-state index is 12.2. The Labute approximate surface area is 113 Å². The second kappa shape index (κ2) is 4.85. The first-order valence-corrected chi connectivity index (χ1v) is 6.97. The Bertz CT molecular complexity index is 472. The minimum absolute atomic E-state index is 0.189. The maximum absolute atomic E-state index is 12.2. The Hall–Kier alpha value is -1.55. The summed E-state index contributed by atoms with van der Waals surface area (Å²) in [5, 5.41) is 13.1. The number of likely N-dealkylation sites (tertiary alicyclic amines) is 1. The molecule has 0 aromatic heterocycles. The fourth-order valence-electron chi connectivity index (χ4n) is 3.31. The third kappa shape index (κ3) is 2.32. The molecule has 19 heavy (non-hydrogen) atoms. The second-order valence-corrected chi connectivity index (χ2v) is 5.72. The number of nitrogens with one attached hydrogen (secondary N) is 1. The van der Waals surface area contributed by atoms with Crippen molar-refractivity contribution in [2.45, 2.75) is 32.4 Å². The molecule has 2 N–H and O–H groups in total. The van der Waals surface area contributed by atoms with Gasteiger partial charge < -0.3 is 10.4 Å². The zero-order valence-corrected chi connectivity index (χ0v) is 11.2. The Kier molecular flexibility index (Phi) is 3.19. The fraction of sp³-hybridized carbons (Fsp3) is 0.533. The van der Waals surface area contributed by atoms with E-state index in [-0.39, 0.29) is 11.9 Å². The molecule has 3 atom stereocenters. The van der Waals surface area contributed by atoms with E-state index in [9.17, 15) is 9.90 Å². The highest BCUT2D eigenvalue weighted by Gasteiger charge is 2.45. The zero-order chi connectivity index (χ0) is 13.4. The molecule has 0 spiro atoms. The number of urea groups is 1. The molecule has 0 radical (unpaired) electrons. The minimum Gasteiger partial charge on any atom is -0.373 e. The first-order valence-electron chi connectivity index (χ1n) is 6.97. The number of nitrogens with zero attached hydrogens (tertiary/aromatic N) is 1. The molecule has 3 rings (SSSR count). The van der Waals surface area contributed by atoms with Crippen LogP contribution in [0.3, 0.4) is 0 Å². The Balaban J connectivity index is 1.66. The van der Waals surface area contributed by atoms with Crippen LogP contribution in [0, 0.1) is 18.8 Å². The summed E-state index contributed by atoms with van der Waals surface area (Å²) in [6.07, 6.45) is 2.74. The smallest absolute Gasteiger partial charge is 0.323 e. The van der Waals surface area contributed by atoms with Crippen molar-refractivity contribution >= 4 is 11.7 Å². The van der Waals surface area contributed by atoms with Gasteiger partial charge in [0.25, 0.3) is 0 Å². The normalized spacial score (nSPS) is 29.4. The average Bonchev–Trinajstić information content (AvgIpc) is 2.96. The van der Waals surface area contributed by atoms with Gasteiger partial charge in [-0.3, -0.25) is 4.90 Å². The summed E-state index contributed by atoms with van der Waals surface area (Å²) in [4.78, 5) is 13.8. The van der Waals surface area contributed by atoms with Crippen molar-refractivity contribution in [3.05, 3.63) is 29.8 Å². The molecule has 2 amide bonds. The molecular weight excluding hydrogens is 240 g/mol. The largest absolute Gasteiger partial charge is 0.373 e. The quantitative estimate of drug-likeness (QED) is 0.815. The van der Waals surface area contributed by atoms with Crippen molar-refractivity contribution in [2.24, 2.45) is 11.8 Å². The maximum Gasteiger partial charge on any atom is 0.323 e. The number of aliphatic hydroxyl groups excluding tert-OH is 1. The summed E-state index contributed by atoms with van der Waals surface area (Å²) in [7, 11) is 0. The molecule has 1 heterocycles. The fourth-order valence-corrected chi connectivity index (χ4v) is 3.31. The van der Waals surface area contributed by atoms with Crippen LogP contribution in [0.15, 0.2) is 24.3 Å². The van der Waals surface area contributed by atoms with E-state index in [4.69, 9.17) is 0 Å². The van der Waals surface area contributed by atoms with Crippen LogP contribution in [-0.4, -0.2) is 28.8 Å². The van der Waals surface area contributed by atoms with Crippen molar-refractivity contribution in [3.8, 4) is 0 Å². The molecule has 2 aliphatic rings. The monoisotopic (exact) mass is 260 g/mol. The number of hydrogen-bond acceptors (Lipinski definition) is 2. The number of hydrogen-bond donors (Lipinski definition) is 2. The van der Waals surface area contributed by atoms with Crippen LogP contribution in [0.25, 0.3) is 0 Å². The molecule has 1 aliphatic heterocycles. The van der Waals surface area contributed by atoms with Gasteiger partial charge in [-0.05, 0) is 37.8 Å².